The number of Topliss-reactive ketones (excluding diaryl/α,β-unsaturated/α-hetero) is 1. The fourth-order valence-electron chi connectivity index (χ4n) is 10.4. The maximum absolute atomic E-state index is 11.5. The van der Waals surface area contributed by atoms with E-state index in [2.05, 4.69) is 316 Å². The van der Waals surface area contributed by atoms with Crippen molar-refractivity contribution in [3.8, 4) is 0 Å². The number of aliphatic hydroxyl groups is 1. The van der Waals surface area contributed by atoms with Crippen LogP contribution in [0.2, 0.25) is 0 Å². The Balaban J connectivity index is -0.000000152. The van der Waals surface area contributed by atoms with Crippen molar-refractivity contribution in [2.24, 2.45) is 98.0 Å². The van der Waals surface area contributed by atoms with Crippen LogP contribution < -0.4 is 0 Å². The van der Waals surface area contributed by atoms with E-state index in [9.17, 15) is 9.90 Å². The van der Waals surface area contributed by atoms with Gasteiger partial charge in [-0.25, -0.2) is 0 Å². The molecule has 2 heteroatoms. The van der Waals surface area contributed by atoms with Crippen LogP contribution in [0.4, 0.5) is 0 Å². The molecule has 1 rings (SSSR count). The molecule has 0 heterocycles. The van der Waals surface area contributed by atoms with Crippen molar-refractivity contribution in [3.05, 3.63) is 24.3 Å². The Morgan fingerprint density at radius 1 is 0.375 bits per heavy atom. The van der Waals surface area contributed by atoms with Gasteiger partial charge in [0.2, 0.25) is 0 Å². The number of carbonyl (C=O) groups excluding carboxylic acids is 1. The summed E-state index contributed by atoms with van der Waals surface area (Å²) in [5.74, 6) is 1.08. The molecule has 1 fully saturated rings. The van der Waals surface area contributed by atoms with E-state index in [0.29, 0.717) is 65.3 Å². The largest absolute Gasteiger partial charge is 0.392 e. The van der Waals surface area contributed by atoms with Gasteiger partial charge in [-0.05, 0) is 119 Å². The lowest BCUT2D eigenvalue weighted by Crippen LogP contribution is -2.37. The van der Waals surface area contributed by atoms with Crippen LogP contribution in [0.1, 0.15) is 371 Å². The van der Waals surface area contributed by atoms with Crippen LogP contribution in [-0.2, 0) is 4.79 Å². The van der Waals surface area contributed by atoms with Gasteiger partial charge in [0.05, 0.1) is 6.10 Å². The second-order valence-corrected chi connectivity index (χ2v) is 42.5. The van der Waals surface area contributed by atoms with E-state index in [1.54, 1.807) is 0 Å². The standard InChI is InChI=1S/C11H22.C10H22.C10H20.C10H22.C10H20.C9H20O.C9H18O.C9H20/c1-9(2,3)11(7-8-11)10(4,5)6;2*1-9(2,3)7-8-10(4,5)6;2*1-8(9(2,3)4)10(5,6)7;2*1-8(2,3)7(10)9(4,5)6;1-8(2,3)7-9(4,5)6/h7-8H2,1-6H3;7-8H2,1-6H3;7-8H,1-6H3;8H,1-7H3;1H2,2-7H3;7,10H,1-6H3;1-6H3;7H2,1-6H3/b;;8-7+;;;;;. The van der Waals surface area contributed by atoms with Crippen molar-refractivity contribution in [2.45, 2.75) is 377 Å². The summed E-state index contributed by atoms with van der Waals surface area (Å²) in [7, 11) is 0. The third kappa shape index (κ3) is 55.0. The molecule has 0 spiro atoms. The Bertz CT molecular complexity index is 1490. The molecule has 80 heavy (non-hydrogen) atoms. The summed E-state index contributed by atoms with van der Waals surface area (Å²) < 4.78 is 0. The first kappa shape index (κ1) is 92.8. The Morgan fingerprint density at radius 3 is 0.613 bits per heavy atom. The second-order valence-electron chi connectivity index (χ2n) is 42.5. The molecule has 1 aliphatic carbocycles. The van der Waals surface area contributed by atoms with Crippen LogP contribution in [0.3, 0.4) is 0 Å². The van der Waals surface area contributed by atoms with Gasteiger partial charge in [0.1, 0.15) is 5.78 Å². The average molecular weight is 1130 g/mol. The Hall–Kier alpha value is -0.890. The van der Waals surface area contributed by atoms with Crippen molar-refractivity contribution in [1.82, 2.24) is 0 Å². The summed E-state index contributed by atoms with van der Waals surface area (Å²) >= 11 is 0. The Kier molecular flexibility index (Phi) is 37.4. The van der Waals surface area contributed by atoms with E-state index < -0.39 is 0 Å². The summed E-state index contributed by atoms with van der Waals surface area (Å²) in [5.41, 5.74) is 6.55. The third-order valence-corrected chi connectivity index (χ3v) is 14.8. The van der Waals surface area contributed by atoms with Crippen LogP contribution in [0.15, 0.2) is 24.3 Å². The number of carbonyl (C=O) groups is 1. The van der Waals surface area contributed by atoms with Crippen molar-refractivity contribution < 1.29 is 9.90 Å². The van der Waals surface area contributed by atoms with Crippen LogP contribution in [0, 0.1) is 98.0 Å². The number of hydrogen-bond acceptors (Lipinski definition) is 2. The molecular weight excluding hydrogens is 969 g/mol. The molecule has 0 amide bonds. The minimum atomic E-state index is -0.236. The molecule has 0 aromatic carbocycles. The highest BCUT2D eigenvalue weighted by Crippen LogP contribution is 2.67. The topological polar surface area (TPSA) is 37.3 Å². The summed E-state index contributed by atoms with van der Waals surface area (Å²) in [6.07, 6.45) is 11.1. The highest BCUT2D eigenvalue weighted by atomic mass is 16.3. The number of aliphatic hydroxyl groups excluding tert-OH is 1. The Morgan fingerprint density at radius 2 is 0.588 bits per heavy atom. The first-order valence-electron chi connectivity index (χ1n) is 32.1. The normalized spacial score (nSPS) is 15.3. The van der Waals surface area contributed by atoms with E-state index in [4.69, 9.17) is 0 Å². The van der Waals surface area contributed by atoms with Gasteiger partial charge in [0.15, 0.2) is 0 Å². The summed E-state index contributed by atoms with van der Waals surface area (Å²) in [6.45, 7) is 113. The molecule has 1 saturated carbocycles. The zero-order valence-electron chi connectivity index (χ0n) is 65.9. The van der Waals surface area contributed by atoms with Crippen molar-refractivity contribution in [1.29, 1.82) is 0 Å². The summed E-state index contributed by atoms with van der Waals surface area (Å²) in [5, 5.41) is 9.72. The van der Waals surface area contributed by atoms with E-state index in [0.717, 1.165) is 5.92 Å². The minimum absolute atomic E-state index is 0.00174. The zero-order chi connectivity index (χ0) is 67.8. The summed E-state index contributed by atoms with van der Waals surface area (Å²) in [4.78, 5) is 11.5. The quantitative estimate of drug-likeness (QED) is 0.266. The van der Waals surface area contributed by atoms with Gasteiger partial charge in [-0.1, -0.05) is 364 Å². The third-order valence-electron chi connectivity index (χ3n) is 14.8. The highest BCUT2D eigenvalue weighted by Gasteiger charge is 2.58. The predicted molar refractivity (Wildman–Crippen MR) is 375 cm³/mol. The number of rotatable bonds is 1. The van der Waals surface area contributed by atoms with Gasteiger partial charge in [-0.2, -0.15) is 0 Å². The number of allylic oxidation sites excluding steroid dienone is 3. The maximum atomic E-state index is 11.5. The molecule has 0 aliphatic heterocycles. The minimum Gasteiger partial charge on any atom is -0.392 e. The van der Waals surface area contributed by atoms with Gasteiger partial charge in [0.25, 0.3) is 0 Å². The smallest absolute Gasteiger partial charge is 0.143 e. The van der Waals surface area contributed by atoms with Crippen molar-refractivity contribution >= 4 is 5.78 Å². The lowest BCUT2D eigenvalue weighted by molar-refractivity contribution is -0.134. The van der Waals surface area contributed by atoms with E-state index in [1.165, 1.54) is 37.7 Å². The van der Waals surface area contributed by atoms with Crippen LogP contribution in [-0.4, -0.2) is 17.0 Å². The van der Waals surface area contributed by atoms with Gasteiger partial charge < -0.3 is 5.11 Å². The lowest BCUT2D eigenvalue weighted by atomic mass is 9.63. The van der Waals surface area contributed by atoms with Crippen LogP contribution in [0.5, 0.6) is 0 Å². The SMILES string of the molecule is C=C(C(C)(C)C)C(C)(C)C.CC(C(C)(C)C)C(C)(C)C.CC(C)(C)/C=C/C(C)(C)C.CC(C)(C)C(=O)C(C)(C)C.CC(C)(C)C(O)C(C)(C)C.CC(C)(C)C1(C(C)(C)C)CC1.CC(C)(C)CC(C)(C)C.CC(C)(C)CCC(C)(C)C. The highest BCUT2D eigenvalue weighted by molar-refractivity contribution is 5.88. The number of hydrogen-bond donors (Lipinski definition) is 1. The fourth-order valence-corrected chi connectivity index (χ4v) is 10.4. The second kappa shape index (κ2) is 32.2. The lowest BCUT2D eigenvalue weighted by Gasteiger charge is -2.41. The van der Waals surface area contributed by atoms with Gasteiger partial charge >= 0.3 is 0 Å². The molecule has 0 unspecified atom stereocenters. The van der Waals surface area contributed by atoms with Gasteiger partial charge in [0, 0.05) is 10.8 Å². The molecule has 0 aromatic heterocycles. The average Bonchev–Trinajstić information content (AvgIpc) is 3.92. The first-order chi connectivity index (χ1) is 33.4. The predicted octanol–water partition coefficient (Wildman–Crippen LogP) is 27.3. The molecule has 0 atom stereocenters. The van der Waals surface area contributed by atoms with Crippen molar-refractivity contribution in [3.63, 3.8) is 0 Å². The first-order valence-corrected chi connectivity index (χ1v) is 32.1. The molecule has 1 N–H and O–H groups in total. The number of ketones is 1. The van der Waals surface area contributed by atoms with Gasteiger partial charge in [-0.3, -0.25) is 4.79 Å². The molecular formula is C78H164O2. The maximum Gasteiger partial charge on any atom is 0.143 e. The monoisotopic (exact) mass is 1130 g/mol. The molecule has 2 nitrogen and oxygen atoms in total. The molecule has 0 aromatic rings. The molecule has 488 valence electrons. The van der Waals surface area contributed by atoms with Gasteiger partial charge in [-0.15, -0.1) is 0 Å². The van der Waals surface area contributed by atoms with E-state index >= 15 is 0 Å². The molecule has 0 radical (unpaired) electrons. The zero-order valence-corrected chi connectivity index (χ0v) is 65.9. The molecule has 0 bridgehead atoms. The van der Waals surface area contributed by atoms with Crippen molar-refractivity contribution in [2.75, 3.05) is 0 Å². The molecule has 0 saturated heterocycles. The molecule has 1 aliphatic rings. The van der Waals surface area contributed by atoms with E-state index in [1.807, 2.05) is 41.5 Å². The van der Waals surface area contributed by atoms with E-state index in [-0.39, 0.29) is 38.6 Å². The summed E-state index contributed by atoms with van der Waals surface area (Å²) in [6, 6.07) is 0. The Labute approximate surface area is 512 Å². The van der Waals surface area contributed by atoms with Crippen LogP contribution in [0.25, 0.3) is 0 Å². The fraction of sp³-hybridized carbons (Fsp3) is 0.936. The van der Waals surface area contributed by atoms with Crippen LogP contribution >= 0.6 is 0 Å².